The number of nitrogens with two attached hydrogens (primary N) is 1. The molecule has 0 fully saturated rings. The van der Waals surface area contributed by atoms with Crippen molar-refractivity contribution in [1.29, 1.82) is 0 Å². The summed E-state index contributed by atoms with van der Waals surface area (Å²) in [7, 11) is 6.22. The third-order valence-electron chi connectivity index (χ3n) is 11.8. The summed E-state index contributed by atoms with van der Waals surface area (Å²) in [6.07, 6.45) is 1.13. The predicted octanol–water partition coefficient (Wildman–Crippen LogP) is 7.41. The van der Waals surface area contributed by atoms with Gasteiger partial charge in [0.25, 0.3) is 0 Å². The van der Waals surface area contributed by atoms with Crippen LogP contribution in [0.2, 0.25) is 0 Å². The van der Waals surface area contributed by atoms with Crippen molar-refractivity contribution in [3.63, 3.8) is 0 Å². The highest BCUT2D eigenvalue weighted by Crippen LogP contribution is 2.47. The van der Waals surface area contributed by atoms with Crippen LogP contribution in [0, 0.1) is 23.7 Å². The van der Waals surface area contributed by atoms with E-state index in [4.69, 9.17) is 29.4 Å². The smallest absolute Gasteiger partial charge is 0.407 e. The van der Waals surface area contributed by atoms with Gasteiger partial charge in [-0.1, -0.05) is 70.2 Å². The number of aliphatic hydroxyl groups is 1. The molecule has 3 aromatic rings. The first-order chi connectivity index (χ1) is 32.2. The maximum Gasteiger partial charge on any atom is 0.407 e. The third kappa shape index (κ3) is 15.7. The lowest BCUT2D eigenvalue weighted by Gasteiger charge is -2.27. The largest absolute Gasteiger partial charge is 0.495 e. The Morgan fingerprint density at radius 2 is 1.43 bits per heavy atom. The number of nitrogens with one attached hydrogen (secondary N) is 3. The zero-order valence-corrected chi connectivity index (χ0v) is 41.8. The molecule has 6 N–H and O–H groups in total. The number of hydrogen-bond donors (Lipinski definition) is 5. The van der Waals surface area contributed by atoms with Gasteiger partial charge in [-0.2, -0.15) is 0 Å². The molecule has 15 nitrogen and oxygen atoms in total. The molecule has 372 valence electrons. The average molecular weight is 943 g/mol. The van der Waals surface area contributed by atoms with Crippen LogP contribution in [0.25, 0.3) is 5.57 Å². The minimum absolute atomic E-state index is 0.0228. The van der Waals surface area contributed by atoms with Gasteiger partial charge in [0.15, 0.2) is 17.3 Å². The van der Waals surface area contributed by atoms with Gasteiger partial charge in [-0.15, -0.1) is 0 Å². The minimum atomic E-state index is -1.63. The third-order valence-corrected chi connectivity index (χ3v) is 11.8. The Morgan fingerprint density at radius 3 is 2.01 bits per heavy atom. The monoisotopic (exact) mass is 943 g/mol. The predicted molar refractivity (Wildman–Crippen MR) is 263 cm³/mol. The van der Waals surface area contributed by atoms with E-state index in [0.29, 0.717) is 54.4 Å². The number of ether oxygens (including phenoxy) is 5. The van der Waals surface area contributed by atoms with E-state index >= 15 is 0 Å². The van der Waals surface area contributed by atoms with E-state index in [1.807, 2.05) is 82.3 Å². The number of alkyl carbamates (subject to hydrolysis) is 1. The lowest BCUT2D eigenvalue weighted by atomic mass is 9.81. The van der Waals surface area contributed by atoms with Crippen LogP contribution in [-0.2, 0) is 36.8 Å². The van der Waals surface area contributed by atoms with E-state index in [1.54, 1.807) is 55.3 Å². The van der Waals surface area contributed by atoms with E-state index in [-0.39, 0.29) is 61.7 Å². The number of aliphatic hydroxyl groups excluding tert-OH is 1. The standard InChI is InChI=1S/C53H74N4O11/c1-31(2)23-35(27-44(59)48(61)42(25-33-15-13-12-14-16-33)57-52(63)68-53(5,6)7)43(58)28-36(24-32(3)4)51(62)55-22-21-47(60)56-37-18-19-38-40(30-46(65-9)50(67-11)49(38)66-10)39(29-37)34-17-20-45(64-8)41(54)26-34/h12-17,20,26,29-32,35-37,42,48,61H,18-19,21-25,27-28,54H2,1-11H3,(H,55,62)(H,56,60)(H,57,63). The molecule has 15 heteroatoms. The van der Waals surface area contributed by atoms with Crippen molar-refractivity contribution in [1.82, 2.24) is 16.0 Å². The van der Waals surface area contributed by atoms with E-state index in [2.05, 4.69) is 16.0 Å². The Balaban J connectivity index is 1.46. The van der Waals surface area contributed by atoms with Gasteiger partial charge >= 0.3 is 6.09 Å². The average Bonchev–Trinajstić information content (AvgIpc) is 3.45. The minimum Gasteiger partial charge on any atom is -0.495 e. The summed E-state index contributed by atoms with van der Waals surface area (Å²) in [6.45, 7) is 13.0. The number of carbonyl (C=O) groups is 5. The Kier molecular flexibility index (Phi) is 20.3. The number of hydrogen-bond acceptors (Lipinski definition) is 12. The summed E-state index contributed by atoms with van der Waals surface area (Å²) in [5.41, 5.74) is 10.1. The number of benzene rings is 3. The van der Waals surface area contributed by atoms with Crippen LogP contribution in [0.4, 0.5) is 10.5 Å². The molecule has 0 spiro atoms. The van der Waals surface area contributed by atoms with E-state index in [1.165, 1.54) is 0 Å². The maximum absolute atomic E-state index is 14.1. The van der Waals surface area contributed by atoms with Crippen molar-refractivity contribution >= 4 is 40.7 Å². The van der Waals surface area contributed by atoms with Crippen LogP contribution in [0.3, 0.4) is 0 Å². The van der Waals surface area contributed by atoms with Gasteiger partial charge in [0.1, 0.15) is 23.2 Å². The molecular formula is C53H74N4O11. The van der Waals surface area contributed by atoms with Crippen molar-refractivity contribution in [2.45, 2.75) is 124 Å². The van der Waals surface area contributed by atoms with Crippen LogP contribution >= 0.6 is 0 Å². The van der Waals surface area contributed by atoms with Gasteiger partial charge < -0.3 is 50.5 Å². The molecule has 0 heterocycles. The molecule has 1 aliphatic carbocycles. The summed E-state index contributed by atoms with van der Waals surface area (Å²) in [5.74, 6) is -0.920. The number of methoxy groups -OCH3 is 4. The number of nitrogen functional groups attached to an aromatic ring is 1. The molecule has 1 aliphatic rings. The highest BCUT2D eigenvalue weighted by atomic mass is 16.6. The van der Waals surface area contributed by atoms with Crippen molar-refractivity contribution in [3.8, 4) is 23.0 Å². The molecule has 0 aliphatic heterocycles. The van der Waals surface area contributed by atoms with Crippen LogP contribution in [0.15, 0.2) is 60.7 Å². The van der Waals surface area contributed by atoms with Crippen molar-refractivity contribution in [3.05, 3.63) is 82.9 Å². The molecule has 0 bridgehead atoms. The lowest BCUT2D eigenvalue weighted by molar-refractivity contribution is -0.135. The topological polar surface area (TPSA) is 214 Å². The molecule has 0 saturated carbocycles. The fourth-order valence-corrected chi connectivity index (χ4v) is 8.68. The van der Waals surface area contributed by atoms with Crippen molar-refractivity contribution < 1.29 is 52.8 Å². The summed E-state index contributed by atoms with van der Waals surface area (Å²) in [4.78, 5) is 68.2. The molecule has 3 aromatic carbocycles. The highest BCUT2D eigenvalue weighted by Gasteiger charge is 2.35. The Hall–Kier alpha value is -6.09. The number of rotatable bonds is 24. The van der Waals surface area contributed by atoms with Gasteiger partial charge in [-0.25, -0.2) is 4.79 Å². The number of anilines is 1. The molecular weight excluding hydrogens is 869 g/mol. The molecule has 0 saturated heterocycles. The normalized spacial score (nSPS) is 15.4. The zero-order chi connectivity index (χ0) is 50.3. The quantitative estimate of drug-likeness (QED) is 0.0556. The molecule has 5 atom stereocenters. The van der Waals surface area contributed by atoms with Gasteiger partial charge in [0.2, 0.25) is 17.6 Å². The second kappa shape index (κ2) is 25.3. The second-order valence-corrected chi connectivity index (χ2v) is 19.3. The first kappa shape index (κ1) is 54.5. The van der Waals surface area contributed by atoms with Crippen LogP contribution < -0.4 is 40.6 Å². The first-order valence-electron chi connectivity index (χ1n) is 23.5. The van der Waals surface area contributed by atoms with Crippen molar-refractivity contribution in [2.75, 3.05) is 40.7 Å². The lowest BCUT2D eigenvalue weighted by Crippen LogP contribution is -2.50. The summed E-state index contributed by atoms with van der Waals surface area (Å²) in [5, 5.41) is 20.1. The van der Waals surface area contributed by atoms with E-state index < -0.39 is 47.5 Å². The van der Waals surface area contributed by atoms with Gasteiger partial charge in [0.05, 0.1) is 40.2 Å². The van der Waals surface area contributed by atoms with Crippen molar-refractivity contribution in [2.24, 2.45) is 23.7 Å². The Labute approximate surface area is 402 Å². The second-order valence-electron chi connectivity index (χ2n) is 19.3. The highest BCUT2D eigenvalue weighted by molar-refractivity contribution is 5.93. The zero-order valence-electron chi connectivity index (χ0n) is 41.8. The van der Waals surface area contributed by atoms with E-state index in [0.717, 1.165) is 27.8 Å². The summed E-state index contributed by atoms with van der Waals surface area (Å²) >= 11 is 0. The van der Waals surface area contributed by atoms with Crippen LogP contribution in [0.1, 0.15) is 109 Å². The number of carbonyl (C=O) groups excluding carboxylic acids is 5. The van der Waals surface area contributed by atoms with Gasteiger partial charge in [-0.05, 0) is 105 Å². The summed E-state index contributed by atoms with van der Waals surface area (Å²) < 4.78 is 28.1. The SMILES string of the molecule is COc1ccc(C2=CC(NC(=O)CCNC(=O)C(CC(=O)C(CC(=O)C(O)C(Cc3ccccc3)NC(=O)OC(C)(C)C)CC(C)C)CC(C)C)CCc3c2cc(OC)c(OC)c3OC)cc1N. The molecule has 5 unspecified atom stereocenters. The Morgan fingerprint density at radius 1 is 0.794 bits per heavy atom. The maximum atomic E-state index is 14.1. The molecule has 3 amide bonds. The number of ketones is 2. The number of fused-ring (bicyclic) bond motifs is 1. The van der Waals surface area contributed by atoms with Crippen LogP contribution in [-0.4, -0.2) is 93.4 Å². The fraction of sp³-hybridized carbons (Fsp3) is 0.528. The molecule has 4 rings (SSSR count). The molecule has 0 aromatic heterocycles. The number of amides is 3. The number of Topliss-reactive ketones (excluding diaryl/α,β-unsaturated/α-hetero) is 2. The van der Waals surface area contributed by atoms with Gasteiger partial charge in [0, 0.05) is 49.2 Å². The van der Waals surface area contributed by atoms with Crippen LogP contribution in [0.5, 0.6) is 23.0 Å². The Bertz CT molecular complexity index is 2230. The first-order valence-corrected chi connectivity index (χ1v) is 23.5. The summed E-state index contributed by atoms with van der Waals surface area (Å²) in [6, 6.07) is 15.1. The molecule has 68 heavy (non-hydrogen) atoms. The fourth-order valence-electron chi connectivity index (χ4n) is 8.68. The van der Waals surface area contributed by atoms with E-state index in [9.17, 15) is 29.1 Å². The van der Waals surface area contributed by atoms with Gasteiger partial charge in [-0.3, -0.25) is 19.2 Å². The molecule has 0 radical (unpaired) electrons.